The number of nitrogens with two attached hydrogens (primary N) is 1. The largest absolute Gasteiger partial charge is 0.365 e. The maximum atomic E-state index is 12.3. The van der Waals surface area contributed by atoms with E-state index < -0.39 is 5.91 Å². The molecule has 7 nitrogen and oxygen atoms in total. The standard InChI is InChI=1S/C20H25N5O2/c1-25-11-8-15(9-12-25)20(27)22-10-7-17-16(18(21)26)13-23-19(24-17)14-5-3-2-4-6-14/h2-6,13,15H,7-12H2,1H3,(H2,21,26)(H,22,27). The minimum Gasteiger partial charge on any atom is -0.365 e. The lowest BCUT2D eigenvalue weighted by atomic mass is 9.96. The van der Waals surface area contributed by atoms with E-state index in [4.69, 9.17) is 5.73 Å². The van der Waals surface area contributed by atoms with Gasteiger partial charge in [-0.2, -0.15) is 0 Å². The molecule has 1 saturated heterocycles. The molecule has 1 aromatic carbocycles. The number of piperidine rings is 1. The molecule has 0 spiro atoms. The van der Waals surface area contributed by atoms with E-state index in [0.29, 0.717) is 30.0 Å². The zero-order valence-electron chi connectivity index (χ0n) is 15.5. The molecule has 2 heterocycles. The van der Waals surface area contributed by atoms with E-state index in [1.54, 1.807) is 0 Å². The van der Waals surface area contributed by atoms with Crippen molar-refractivity contribution in [1.82, 2.24) is 20.2 Å². The number of nitrogens with one attached hydrogen (secondary N) is 1. The van der Waals surface area contributed by atoms with Crippen molar-refractivity contribution in [2.24, 2.45) is 11.7 Å². The molecule has 3 N–H and O–H groups in total. The Hall–Kier alpha value is -2.80. The van der Waals surface area contributed by atoms with Gasteiger partial charge in [0.25, 0.3) is 5.91 Å². The smallest absolute Gasteiger partial charge is 0.252 e. The number of carbonyl (C=O) groups excluding carboxylic acids is 2. The number of nitrogens with zero attached hydrogens (tertiary/aromatic N) is 3. The molecule has 0 bridgehead atoms. The maximum absolute atomic E-state index is 12.3. The number of aromatic nitrogens is 2. The third-order valence-corrected chi connectivity index (χ3v) is 4.92. The van der Waals surface area contributed by atoms with Gasteiger partial charge in [-0.05, 0) is 33.0 Å². The lowest BCUT2D eigenvalue weighted by Crippen LogP contribution is -2.39. The summed E-state index contributed by atoms with van der Waals surface area (Å²) in [7, 11) is 2.07. The average Bonchev–Trinajstić information content (AvgIpc) is 2.69. The molecule has 1 fully saturated rings. The summed E-state index contributed by atoms with van der Waals surface area (Å²) in [6, 6.07) is 9.54. The first-order valence-corrected chi connectivity index (χ1v) is 9.22. The van der Waals surface area contributed by atoms with Gasteiger partial charge in [-0.15, -0.1) is 0 Å². The summed E-state index contributed by atoms with van der Waals surface area (Å²) in [5, 5.41) is 2.97. The molecule has 0 aliphatic carbocycles. The Morgan fingerprint density at radius 1 is 1.22 bits per heavy atom. The third-order valence-electron chi connectivity index (χ3n) is 4.92. The Morgan fingerprint density at radius 3 is 2.59 bits per heavy atom. The SMILES string of the molecule is CN1CCC(C(=O)NCCc2nc(-c3ccccc3)ncc2C(N)=O)CC1. The summed E-state index contributed by atoms with van der Waals surface area (Å²) in [5.41, 5.74) is 7.17. The monoisotopic (exact) mass is 367 g/mol. The van der Waals surface area contributed by atoms with E-state index in [0.717, 1.165) is 31.5 Å². The van der Waals surface area contributed by atoms with Gasteiger partial charge in [0.2, 0.25) is 5.91 Å². The lowest BCUT2D eigenvalue weighted by molar-refractivity contribution is -0.126. The molecule has 2 aromatic rings. The number of likely N-dealkylation sites (tertiary alicyclic amines) is 1. The Kier molecular flexibility index (Phi) is 6.13. The molecule has 7 heteroatoms. The summed E-state index contributed by atoms with van der Waals surface area (Å²) in [4.78, 5) is 35.0. The molecule has 142 valence electrons. The molecular weight excluding hydrogens is 342 g/mol. The number of primary amides is 1. The highest BCUT2D eigenvalue weighted by Crippen LogP contribution is 2.17. The highest BCUT2D eigenvalue weighted by molar-refractivity contribution is 5.93. The van der Waals surface area contributed by atoms with Crippen molar-refractivity contribution >= 4 is 11.8 Å². The van der Waals surface area contributed by atoms with Gasteiger partial charge in [-0.25, -0.2) is 9.97 Å². The predicted octanol–water partition coefficient (Wildman–Crippen LogP) is 1.24. The van der Waals surface area contributed by atoms with E-state index in [2.05, 4.69) is 27.2 Å². The van der Waals surface area contributed by atoms with Gasteiger partial charge in [0.15, 0.2) is 5.82 Å². The summed E-state index contributed by atoms with van der Waals surface area (Å²) >= 11 is 0. The summed E-state index contributed by atoms with van der Waals surface area (Å²) in [6.45, 7) is 2.29. The molecule has 1 aromatic heterocycles. The second-order valence-electron chi connectivity index (χ2n) is 6.90. The van der Waals surface area contributed by atoms with Gasteiger partial charge in [0.05, 0.1) is 11.3 Å². The third kappa shape index (κ3) is 4.89. The fraction of sp³-hybridized carbons (Fsp3) is 0.400. The number of rotatable bonds is 6. The van der Waals surface area contributed by atoms with Crippen molar-refractivity contribution < 1.29 is 9.59 Å². The van der Waals surface area contributed by atoms with Crippen LogP contribution in [-0.2, 0) is 11.2 Å². The molecule has 0 atom stereocenters. The molecule has 2 amide bonds. The number of hydrogen-bond acceptors (Lipinski definition) is 5. The van der Waals surface area contributed by atoms with Gasteiger partial charge in [-0.3, -0.25) is 9.59 Å². The summed E-state index contributed by atoms with van der Waals surface area (Å²) in [6.07, 6.45) is 3.64. The van der Waals surface area contributed by atoms with Crippen LogP contribution >= 0.6 is 0 Å². The van der Waals surface area contributed by atoms with Crippen molar-refractivity contribution in [3.63, 3.8) is 0 Å². The minimum absolute atomic E-state index is 0.0575. The van der Waals surface area contributed by atoms with Gasteiger partial charge < -0.3 is 16.0 Å². The van der Waals surface area contributed by atoms with Gasteiger partial charge in [0, 0.05) is 30.6 Å². The van der Waals surface area contributed by atoms with Crippen LogP contribution in [0.4, 0.5) is 0 Å². The number of carbonyl (C=O) groups is 2. The summed E-state index contributed by atoms with van der Waals surface area (Å²) in [5.74, 6) is 0.103. The molecule has 1 aliphatic rings. The minimum atomic E-state index is -0.564. The van der Waals surface area contributed by atoms with Gasteiger partial charge in [-0.1, -0.05) is 30.3 Å². The van der Waals surface area contributed by atoms with Crippen molar-refractivity contribution in [1.29, 1.82) is 0 Å². The number of hydrogen-bond donors (Lipinski definition) is 2. The topological polar surface area (TPSA) is 101 Å². The molecule has 27 heavy (non-hydrogen) atoms. The zero-order chi connectivity index (χ0) is 19.2. The van der Waals surface area contributed by atoms with Crippen LogP contribution in [0.1, 0.15) is 28.9 Å². The molecular formula is C20H25N5O2. The number of benzene rings is 1. The van der Waals surface area contributed by atoms with Crippen LogP contribution in [0, 0.1) is 5.92 Å². The van der Waals surface area contributed by atoms with Crippen LogP contribution in [0.15, 0.2) is 36.5 Å². The zero-order valence-corrected chi connectivity index (χ0v) is 15.5. The number of amides is 2. The first-order valence-electron chi connectivity index (χ1n) is 9.22. The molecule has 1 aliphatic heterocycles. The normalized spacial score (nSPS) is 15.4. The Balaban J connectivity index is 1.66. The average molecular weight is 367 g/mol. The quantitative estimate of drug-likeness (QED) is 0.800. The highest BCUT2D eigenvalue weighted by atomic mass is 16.2. The van der Waals surface area contributed by atoms with Crippen LogP contribution in [0.25, 0.3) is 11.4 Å². The van der Waals surface area contributed by atoms with E-state index in [9.17, 15) is 9.59 Å². The summed E-state index contributed by atoms with van der Waals surface area (Å²) < 4.78 is 0. The van der Waals surface area contributed by atoms with E-state index in [-0.39, 0.29) is 11.8 Å². The molecule has 3 rings (SSSR count). The van der Waals surface area contributed by atoms with Crippen LogP contribution in [0.5, 0.6) is 0 Å². The van der Waals surface area contributed by atoms with Crippen molar-refractivity contribution in [3.05, 3.63) is 47.8 Å². The van der Waals surface area contributed by atoms with Gasteiger partial charge in [0.1, 0.15) is 0 Å². The second kappa shape index (κ2) is 8.73. The van der Waals surface area contributed by atoms with E-state index in [1.165, 1.54) is 6.20 Å². The molecule has 0 radical (unpaired) electrons. The van der Waals surface area contributed by atoms with Gasteiger partial charge >= 0.3 is 0 Å². The predicted molar refractivity (Wildman–Crippen MR) is 103 cm³/mol. The van der Waals surface area contributed by atoms with Crippen molar-refractivity contribution in [2.75, 3.05) is 26.7 Å². The van der Waals surface area contributed by atoms with Crippen LogP contribution in [-0.4, -0.2) is 53.4 Å². The fourth-order valence-corrected chi connectivity index (χ4v) is 3.26. The fourth-order valence-electron chi connectivity index (χ4n) is 3.26. The van der Waals surface area contributed by atoms with Crippen LogP contribution in [0.2, 0.25) is 0 Å². The Bertz CT molecular complexity index is 801. The van der Waals surface area contributed by atoms with E-state index >= 15 is 0 Å². The first kappa shape index (κ1) is 19.0. The van der Waals surface area contributed by atoms with E-state index in [1.807, 2.05) is 30.3 Å². The second-order valence-corrected chi connectivity index (χ2v) is 6.90. The Morgan fingerprint density at radius 2 is 1.93 bits per heavy atom. The first-order chi connectivity index (χ1) is 13.0. The maximum Gasteiger partial charge on any atom is 0.252 e. The lowest BCUT2D eigenvalue weighted by Gasteiger charge is -2.28. The molecule has 0 unspecified atom stereocenters. The van der Waals surface area contributed by atoms with Crippen LogP contribution in [0.3, 0.4) is 0 Å². The highest BCUT2D eigenvalue weighted by Gasteiger charge is 2.23. The van der Waals surface area contributed by atoms with Crippen molar-refractivity contribution in [2.45, 2.75) is 19.3 Å². The molecule has 0 saturated carbocycles. The Labute approximate surface area is 159 Å². The van der Waals surface area contributed by atoms with Crippen LogP contribution < -0.4 is 11.1 Å². The van der Waals surface area contributed by atoms with Crippen molar-refractivity contribution in [3.8, 4) is 11.4 Å².